The van der Waals surface area contributed by atoms with Crippen LogP contribution in [0.3, 0.4) is 0 Å². The van der Waals surface area contributed by atoms with Gasteiger partial charge < -0.3 is 16.0 Å². The van der Waals surface area contributed by atoms with Crippen LogP contribution >= 0.6 is 0 Å². The minimum absolute atomic E-state index is 0. The highest BCUT2D eigenvalue weighted by Crippen LogP contribution is 2.18. The molecule has 4 nitrogen and oxygen atoms in total. The summed E-state index contributed by atoms with van der Waals surface area (Å²) in [6.45, 7) is 0.501. The van der Waals surface area contributed by atoms with Gasteiger partial charge in [-0.25, -0.2) is 0 Å². The third-order valence-electron chi connectivity index (χ3n) is 3.76. The number of nitrogens with one attached hydrogen (secondary N) is 2. The van der Waals surface area contributed by atoms with Crippen molar-refractivity contribution in [2.45, 2.75) is 26.4 Å². The average Bonchev–Trinajstić information content (AvgIpc) is 2.97. The van der Waals surface area contributed by atoms with Gasteiger partial charge in [0.25, 0.3) is 0 Å². The molecule has 0 fully saturated rings. The van der Waals surface area contributed by atoms with Gasteiger partial charge >= 0.3 is 0 Å². The van der Waals surface area contributed by atoms with Crippen LogP contribution in [-0.2, 0) is 17.8 Å². The molecule has 4 N–H and O–H groups in total. The standard InChI is InChI=1S/C18H19N3O.CH4/c19-16(18(22)21-11-13-6-2-1-3-7-13)10-14-12-20-17-9-5-4-8-15(14)17;/h1-9,12,16,20H,10-11,19H2,(H,21,22);1H4/t16-;/m0./s1. The lowest BCUT2D eigenvalue weighted by atomic mass is 10.0. The monoisotopic (exact) mass is 309 g/mol. The van der Waals surface area contributed by atoms with Gasteiger partial charge in [0.05, 0.1) is 6.04 Å². The molecule has 0 aliphatic heterocycles. The Bertz CT molecular complexity index is 764. The molecular formula is C19H23N3O. The Balaban J connectivity index is 0.00000192. The maximum absolute atomic E-state index is 12.1. The number of H-pyrrole nitrogens is 1. The number of para-hydroxylation sites is 1. The number of nitrogens with two attached hydrogens (primary N) is 1. The second kappa shape index (κ2) is 7.61. The first kappa shape index (κ1) is 16.8. The first-order chi connectivity index (χ1) is 10.7. The second-order valence-corrected chi connectivity index (χ2v) is 5.37. The number of rotatable bonds is 5. The molecule has 3 aromatic rings. The normalized spacial score (nSPS) is 11.7. The van der Waals surface area contributed by atoms with E-state index in [-0.39, 0.29) is 13.3 Å². The maximum Gasteiger partial charge on any atom is 0.237 e. The van der Waals surface area contributed by atoms with Crippen molar-refractivity contribution in [1.82, 2.24) is 10.3 Å². The first-order valence-electron chi connectivity index (χ1n) is 7.36. The molecule has 0 radical (unpaired) electrons. The fourth-order valence-electron chi connectivity index (χ4n) is 2.55. The first-order valence-corrected chi connectivity index (χ1v) is 7.36. The zero-order valence-corrected chi connectivity index (χ0v) is 12.3. The summed E-state index contributed by atoms with van der Waals surface area (Å²) >= 11 is 0. The number of fused-ring (bicyclic) bond motifs is 1. The quantitative estimate of drug-likeness (QED) is 0.678. The lowest BCUT2D eigenvalue weighted by Gasteiger charge is -2.12. The van der Waals surface area contributed by atoms with Crippen LogP contribution in [0.1, 0.15) is 18.6 Å². The van der Waals surface area contributed by atoms with Gasteiger partial charge in [-0.05, 0) is 23.6 Å². The number of aromatic amines is 1. The van der Waals surface area contributed by atoms with Crippen molar-refractivity contribution in [1.29, 1.82) is 0 Å². The molecule has 1 heterocycles. The Kier molecular flexibility index (Phi) is 5.55. The highest BCUT2D eigenvalue weighted by atomic mass is 16.2. The van der Waals surface area contributed by atoms with Gasteiger partial charge in [-0.3, -0.25) is 4.79 Å². The van der Waals surface area contributed by atoms with E-state index >= 15 is 0 Å². The van der Waals surface area contributed by atoms with Crippen LogP contribution in [0, 0.1) is 0 Å². The van der Waals surface area contributed by atoms with E-state index in [4.69, 9.17) is 5.73 Å². The molecular weight excluding hydrogens is 286 g/mol. The van der Waals surface area contributed by atoms with Gasteiger partial charge in [0.1, 0.15) is 0 Å². The van der Waals surface area contributed by atoms with Crippen molar-refractivity contribution >= 4 is 16.8 Å². The van der Waals surface area contributed by atoms with Gasteiger partial charge in [-0.2, -0.15) is 0 Å². The van der Waals surface area contributed by atoms with E-state index in [1.165, 1.54) is 0 Å². The predicted molar refractivity (Wildman–Crippen MR) is 95.0 cm³/mol. The SMILES string of the molecule is C.N[C@@H](Cc1c[nH]c2ccccc12)C(=O)NCc1ccccc1. The molecule has 1 amide bonds. The molecule has 0 unspecified atom stereocenters. The fraction of sp³-hybridized carbons (Fsp3) is 0.211. The van der Waals surface area contributed by atoms with E-state index in [0.29, 0.717) is 13.0 Å². The number of hydrogen-bond donors (Lipinski definition) is 3. The van der Waals surface area contributed by atoms with Gasteiger partial charge in [0, 0.05) is 23.6 Å². The Morgan fingerprint density at radius 1 is 1.09 bits per heavy atom. The lowest BCUT2D eigenvalue weighted by Crippen LogP contribution is -2.41. The van der Waals surface area contributed by atoms with E-state index in [1.54, 1.807) is 0 Å². The molecule has 0 aliphatic rings. The van der Waals surface area contributed by atoms with Crippen molar-refractivity contribution < 1.29 is 4.79 Å². The molecule has 0 aliphatic carbocycles. The third-order valence-corrected chi connectivity index (χ3v) is 3.76. The van der Waals surface area contributed by atoms with E-state index in [9.17, 15) is 4.79 Å². The molecule has 0 saturated carbocycles. The Morgan fingerprint density at radius 2 is 1.78 bits per heavy atom. The van der Waals surface area contributed by atoms with Crippen molar-refractivity contribution in [2.24, 2.45) is 5.73 Å². The van der Waals surface area contributed by atoms with Crippen LogP contribution in [-0.4, -0.2) is 16.9 Å². The van der Waals surface area contributed by atoms with E-state index in [1.807, 2.05) is 60.8 Å². The summed E-state index contributed by atoms with van der Waals surface area (Å²) in [5, 5.41) is 4.00. The Morgan fingerprint density at radius 3 is 2.57 bits per heavy atom. The van der Waals surface area contributed by atoms with Crippen molar-refractivity contribution in [2.75, 3.05) is 0 Å². The number of hydrogen-bond acceptors (Lipinski definition) is 2. The predicted octanol–water partition coefficient (Wildman–Crippen LogP) is 2.99. The van der Waals surface area contributed by atoms with Gasteiger partial charge in [0.15, 0.2) is 0 Å². The highest BCUT2D eigenvalue weighted by molar-refractivity contribution is 5.86. The molecule has 3 rings (SSSR count). The number of amides is 1. The smallest absolute Gasteiger partial charge is 0.237 e. The van der Waals surface area contributed by atoms with Crippen LogP contribution < -0.4 is 11.1 Å². The van der Waals surface area contributed by atoms with E-state index in [0.717, 1.165) is 22.0 Å². The fourth-order valence-corrected chi connectivity index (χ4v) is 2.55. The molecule has 2 aromatic carbocycles. The Labute approximate surface area is 136 Å². The summed E-state index contributed by atoms with van der Waals surface area (Å²) in [5.74, 6) is -0.130. The summed E-state index contributed by atoms with van der Waals surface area (Å²) in [5.41, 5.74) is 9.23. The number of benzene rings is 2. The molecule has 4 heteroatoms. The maximum atomic E-state index is 12.1. The van der Waals surface area contributed by atoms with Crippen LogP contribution in [0.2, 0.25) is 0 Å². The number of carbonyl (C=O) groups excluding carboxylic acids is 1. The average molecular weight is 309 g/mol. The summed E-state index contributed by atoms with van der Waals surface area (Å²) in [6, 6.07) is 17.3. The number of carbonyl (C=O) groups is 1. The summed E-state index contributed by atoms with van der Waals surface area (Å²) in [4.78, 5) is 15.3. The molecule has 120 valence electrons. The van der Waals surface area contributed by atoms with Crippen molar-refractivity contribution in [3.8, 4) is 0 Å². The molecule has 23 heavy (non-hydrogen) atoms. The second-order valence-electron chi connectivity index (χ2n) is 5.37. The molecule has 0 saturated heterocycles. The third kappa shape index (κ3) is 3.99. The van der Waals surface area contributed by atoms with E-state index in [2.05, 4.69) is 10.3 Å². The highest BCUT2D eigenvalue weighted by Gasteiger charge is 2.15. The minimum atomic E-state index is -0.553. The zero-order valence-electron chi connectivity index (χ0n) is 12.3. The van der Waals surface area contributed by atoms with Crippen LogP contribution in [0.25, 0.3) is 10.9 Å². The van der Waals surface area contributed by atoms with Gasteiger partial charge in [-0.15, -0.1) is 0 Å². The minimum Gasteiger partial charge on any atom is -0.361 e. The molecule has 1 aromatic heterocycles. The van der Waals surface area contributed by atoms with Crippen molar-refractivity contribution in [3.63, 3.8) is 0 Å². The van der Waals surface area contributed by atoms with Crippen LogP contribution in [0.4, 0.5) is 0 Å². The molecule has 1 atom stereocenters. The summed E-state index contributed by atoms with van der Waals surface area (Å²) < 4.78 is 0. The largest absolute Gasteiger partial charge is 0.361 e. The number of aromatic nitrogens is 1. The van der Waals surface area contributed by atoms with Crippen LogP contribution in [0.5, 0.6) is 0 Å². The topological polar surface area (TPSA) is 70.9 Å². The van der Waals surface area contributed by atoms with Gasteiger partial charge in [-0.1, -0.05) is 56.0 Å². The van der Waals surface area contributed by atoms with E-state index < -0.39 is 6.04 Å². The molecule has 0 bridgehead atoms. The Hall–Kier alpha value is -2.59. The zero-order chi connectivity index (χ0) is 15.4. The summed E-state index contributed by atoms with van der Waals surface area (Å²) in [7, 11) is 0. The lowest BCUT2D eigenvalue weighted by molar-refractivity contribution is -0.122. The molecule has 0 spiro atoms. The van der Waals surface area contributed by atoms with Gasteiger partial charge in [0.2, 0.25) is 5.91 Å². The van der Waals surface area contributed by atoms with Crippen molar-refractivity contribution in [3.05, 3.63) is 71.9 Å². The summed E-state index contributed by atoms with van der Waals surface area (Å²) in [6.07, 6.45) is 2.44. The van der Waals surface area contributed by atoms with Crippen LogP contribution in [0.15, 0.2) is 60.8 Å².